The van der Waals surface area contributed by atoms with E-state index in [2.05, 4.69) is 15.0 Å². The summed E-state index contributed by atoms with van der Waals surface area (Å²) < 4.78 is 29.1. The Labute approximate surface area is 212 Å². The topological polar surface area (TPSA) is 100 Å². The predicted octanol–water partition coefficient (Wildman–Crippen LogP) is 4.19. The summed E-state index contributed by atoms with van der Waals surface area (Å²) in [5.74, 6) is -0.482. The summed E-state index contributed by atoms with van der Waals surface area (Å²) in [5, 5.41) is 25.0. The van der Waals surface area contributed by atoms with Crippen molar-refractivity contribution in [1.82, 2.24) is 24.7 Å². The van der Waals surface area contributed by atoms with Crippen molar-refractivity contribution in [1.29, 1.82) is 0 Å². The monoisotopic (exact) mass is 506 g/mol. The van der Waals surface area contributed by atoms with Gasteiger partial charge in [-0.25, -0.2) is 18.7 Å². The maximum Gasteiger partial charge on any atom is 0.156 e. The Kier molecular flexibility index (Phi) is 6.47. The number of rotatable bonds is 5. The number of halogens is 2. The number of hydrogen-bond acceptors (Lipinski definition) is 7. The highest BCUT2D eigenvalue weighted by molar-refractivity contribution is 5.83. The third-order valence-electron chi connectivity index (χ3n) is 6.51. The van der Waals surface area contributed by atoms with Gasteiger partial charge in [-0.1, -0.05) is 11.6 Å². The summed E-state index contributed by atoms with van der Waals surface area (Å²) in [5.41, 5.74) is 2.93. The molecule has 8 nitrogen and oxygen atoms in total. The standard InChI is InChI=1S/C27H28F2N6O2/c1-27(2,37)25(36)22-12-21-23(14-30-22)33-26(24(32-21)18-13-31-34(3)15-18)35-8-6-16(7-9-35)10-17-4-5-19(28)11-20(17)29/h4-5,10-15,25,36-37H,6-9H2,1-3H3/t25-/m1/s1. The maximum atomic E-state index is 14.1. The zero-order chi connectivity index (χ0) is 26.3. The van der Waals surface area contributed by atoms with Crippen molar-refractivity contribution in [2.24, 2.45) is 7.05 Å². The van der Waals surface area contributed by atoms with Crippen molar-refractivity contribution in [2.75, 3.05) is 18.0 Å². The highest BCUT2D eigenvalue weighted by Crippen LogP contribution is 2.33. The fourth-order valence-corrected chi connectivity index (χ4v) is 4.42. The molecule has 2 N–H and O–H groups in total. The first-order valence-corrected chi connectivity index (χ1v) is 12.0. The molecule has 1 aliphatic rings. The average Bonchev–Trinajstić information content (AvgIpc) is 3.30. The zero-order valence-corrected chi connectivity index (χ0v) is 20.9. The minimum atomic E-state index is -1.37. The number of hydrogen-bond donors (Lipinski definition) is 2. The molecule has 37 heavy (non-hydrogen) atoms. The second-order valence-electron chi connectivity index (χ2n) is 9.91. The van der Waals surface area contributed by atoms with E-state index in [1.54, 1.807) is 29.2 Å². The molecule has 192 valence electrons. The normalized spacial score (nSPS) is 15.3. The van der Waals surface area contributed by atoms with Crippen LogP contribution in [0.2, 0.25) is 0 Å². The minimum absolute atomic E-state index is 0.306. The van der Waals surface area contributed by atoms with Crippen LogP contribution in [0.5, 0.6) is 0 Å². The largest absolute Gasteiger partial charge is 0.387 e. The summed E-state index contributed by atoms with van der Waals surface area (Å²) in [4.78, 5) is 16.2. The Bertz CT molecular complexity index is 1480. The van der Waals surface area contributed by atoms with Crippen LogP contribution in [0.15, 0.2) is 48.4 Å². The summed E-state index contributed by atoms with van der Waals surface area (Å²) in [6.45, 7) is 4.32. The molecule has 3 aromatic heterocycles. The van der Waals surface area contributed by atoms with Crippen molar-refractivity contribution in [2.45, 2.75) is 38.4 Å². The zero-order valence-electron chi connectivity index (χ0n) is 20.9. The fraction of sp³-hybridized carbons (Fsp3) is 0.333. The number of aryl methyl sites for hydroxylation is 1. The maximum absolute atomic E-state index is 14.1. The van der Waals surface area contributed by atoms with E-state index < -0.39 is 23.3 Å². The van der Waals surface area contributed by atoms with Crippen LogP contribution in [0.3, 0.4) is 0 Å². The van der Waals surface area contributed by atoms with Crippen LogP contribution < -0.4 is 4.90 Å². The molecule has 0 spiro atoms. The molecule has 1 saturated heterocycles. The molecular formula is C27H28F2N6O2. The van der Waals surface area contributed by atoms with Crippen LogP contribution in [0, 0.1) is 11.6 Å². The lowest BCUT2D eigenvalue weighted by Gasteiger charge is -2.31. The molecule has 1 fully saturated rings. The van der Waals surface area contributed by atoms with Gasteiger partial charge in [-0.05, 0) is 44.9 Å². The summed E-state index contributed by atoms with van der Waals surface area (Å²) >= 11 is 0. The third-order valence-corrected chi connectivity index (χ3v) is 6.51. The van der Waals surface area contributed by atoms with Gasteiger partial charge in [-0.15, -0.1) is 0 Å². The van der Waals surface area contributed by atoms with E-state index in [-0.39, 0.29) is 0 Å². The molecule has 1 atom stereocenters. The SMILES string of the molecule is Cn1cc(-c2nc3cc([C@@H](O)C(C)(C)O)ncc3nc2N2CCC(=Cc3ccc(F)cc3F)CC2)cn1. The van der Waals surface area contributed by atoms with E-state index in [0.29, 0.717) is 59.7 Å². The van der Waals surface area contributed by atoms with E-state index in [9.17, 15) is 19.0 Å². The molecule has 5 rings (SSSR count). The molecule has 1 aromatic carbocycles. The van der Waals surface area contributed by atoms with Crippen LogP contribution >= 0.6 is 0 Å². The van der Waals surface area contributed by atoms with Gasteiger partial charge in [-0.2, -0.15) is 5.10 Å². The summed E-state index contributed by atoms with van der Waals surface area (Å²) in [6.07, 6.45) is 7.13. The van der Waals surface area contributed by atoms with Gasteiger partial charge in [0.1, 0.15) is 28.9 Å². The molecule has 0 unspecified atom stereocenters. The van der Waals surface area contributed by atoms with Gasteiger partial charge in [0.25, 0.3) is 0 Å². The van der Waals surface area contributed by atoms with E-state index in [1.165, 1.54) is 26.0 Å². The number of anilines is 1. The molecule has 0 aliphatic carbocycles. The number of aliphatic hydroxyl groups excluding tert-OH is 1. The van der Waals surface area contributed by atoms with Gasteiger partial charge in [-0.3, -0.25) is 9.67 Å². The van der Waals surface area contributed by atoms with Crippen LogP contribution in [0.25, 0.3) is 28.4 Å². The number of fused-ring (bicyclic) bond motifs is 1. The van der Waals surface area contributed by atoms with Crippen LogP contribution in [-0.4, -0.2) is 53.6 Å². The second kappa shape index (κ2) is 9.60. The van der Waals surface area contributed by atoms with E-state index in [4.69, 9.17) is 9.97 Å². The summed E-state index contributed by atoms with van der Waals surface area (Å²) in [6, 6.07) is 5.25. The fourth-order valence-electron chi connectivity index (χ4n) is 4.42. The quantitative estimate of drug-likeness (QED) is 0.419. The molecule has 1 aliphatic heterocycles. The van der Waals surface area contributed by atoms with Gasteiger partial charge in [0, 0.05) is 43.5 Å². The molecule has 0 radical (unpaired) electrons. The molecule has 4 heterocycles. The van der Waals surface area contributed by atoms with Crippen molar-refractivity contribution < 1.29 is 19.0 Å². The third kappa shape index (κ3) is 5.21. The van der Waals surface area contributed by atoms with Crippen molar-refractivity contribution in [3.05, 3.63) is 71.3 Å². The average molecular weight is 507 g/mol. The molecule has 0 amide bonds. The molecule has 10 heteroatoms. The van der Waals surface area contributed by atoms with E-state index >= 15 is 0 Å². The van der Waals surface area contributed by atoms with Crippen LogP contribution in [-0.2, 0) is 7.05 Å². The first kappa shape index (κ1) is 24.9. The lowest BCUT2D eigenvalue weighted by Crippen LogP contribution is -2.32. The predicted molar refractivity (Wildman–Crippen MR) is 137 cm³/mol. The molecule has 4 aromatic rings. The Balaban J connectivity index is 1.48. The van der Waals surface area contributed by atoms with Crippen molar-refractivity contribution >= 4 is 22.9 Å². The first-order chi connectivity index (χ1) is 17.6. The van der Waals surface area contributed by atoms with Gasteiger partial charge < -0.3 is 15.1 Å². The van der Waals surface area contributed by atoms with E-state index in [0.717, 1.165) is 17.2 Å². The van der Waals surface area contributed by atoms with Gasteiger partial charge >= 0.3 is 0 Å². The summed E-state index contributed by atoms with van der Waals surface area (Å²) in [7, 11) is 1.83. The second-order valence-corrected chi connectivity index (χ2v) is 9.91. The van der Waals surface area contributed by atoms with Crippen molar-refractivity contribution in [3.63, 3.8) is 0 Å². The number of pyridine rings is 1. The number of benzene rings is 1. The first-order valence-electron chi connectivity index (χ1n) is 12.0. The Hall–Kier alpha value is -3.76. The van der Waals surface area contributed by atoms with Gasteiger partial charge in [0.2, 0.25) is 0 Å². The number of piperidine rings is 1. The van der Waals surface area contributed by atoms with Crippen LogP contribution in [0.1, 0.15) is 44.1 Å². The lowest BCUT2D eigenvalue weighted by molar-refractivity contribution is -0.0516. The Morgan fingerprint density at radius 1 is 1.05 bits per heavy atom. The van der Waals surface area contributed by atoms with Gasteiger partial charge in [0.15, 0.2) is 5.82 Å². The minimum Gasteiger partial charge on any atom is -0.387 e. The lowest BCUT2D eigenvalue weighted by atomic mass is 9.98. The molecule has 0 bridgehead atoms. The molecule has 0 saturated carbocycles. The smallest absolute Gasteiger partial charge is 0.156 e. The number of nitrogens with zero attached hydrogens (tertiary/aromatic N) is 6. The Morgan fingerprint density at radius 3 is 2.46 bits per heavy atom. The number of aliphatic hydroxyl groups is 2. The highest BCUT2D eigenvalue weighted by atomic mass is 19.1. The number of aromatic nitrogens is 5. The van der Waals surface area contributed by atoms with Gasteiger partial charge in [0.05, 0.1) is 29.2 Å². The molecular weight excluding hydrogens is 478 g/mol. The van der Waals surface area contributed by atoms with E-state index in [1.807, 2.05) is 13.2 Å². The highest BCUT2D eigenvalue weighted by Gasteiger charge is 2.28. The van der Waals surface area contributed by atoms with Crippen molar-refractivity contribution in [3.8, 4) is 11.3 Å². The Morgan fingerprint density at radius 2 is 1.81 bits per heavy atom. The van der Waals surface area contributed by atoms with Crippen LogP contribution in [0.4, 0.5) is 14.6 Å².